The minimum absolute atomic E-state index is 0.0792. The molecule has 27 heavy (non-hydrogen) atoms. The first-order valence-electron chi connectivity index (χ1n) is 10.6. The topological polar surface area (TPSA) is 58.8 Å². The fraction of sp³-hybridized carbons (Fsp3) is 0.810. The summed E-state index contributed by atoms with van der Waals surface area (Å²) in [5, 5.41) is 0. The summed E-state index contributed by atoms with van der Waals surface area (Å²) in [4.78, 5) is 21.5. The van der Waals surface area contributed by atoms with Gasteiger partial charge in [0.25, 0.3) is 0 Å². The molecule has 4 rings (SSSR count). The molecule has 1 unspecified atom stereocenters. The van der Waals surface area contributed by atoms with E-state index >= 15 is 0 Å². The quantitative estimate of drug-likeness (QED) is 0.792. The number of rotatable bonds is 5. The first-order valence-corrected chi connectivity index (χ1v) is 10.6. The molecule has 2 saturated heterocycles. The van der Waals surface area contributed by atoms with E-state index in [1.54, 1.807) is 19.6 Å². The molecule has 1 amide bonds. The van der Waals surface area contributed by atoms with Gasteiger partial charge in [0.05, 0.1) is 12.1 Å². The van der Waals surface area contributed by atoms with Gasteiger partial charge in [-0.15, -0.1) is 0 Å². The molecule has 1 aliphatic carbocycles. The Morgan fingerprint density at radius 3 is 2.74 bits per heavy atom. The average Bonchev–Trinajstić information content (AvgIpc) is 3.33. The highest BCUT2D eigenvalue weighted by molar-refractivity contribution is 5.78. The van der Waals surface area contributed by atoms with Crippen LogP contribution in [0.3, 0.4) is 0 Å². The Morgan fingerprint density at radius 1 is 1.30 bits per heavy atom. The summed E-state index contributed by atoms with van der Waals surface area (Å²) in [5.74, 6) is 1.96. The Morgan fingerprint density at radius 2 is 2.07 bits per heavy atom. The molecule has 150 valence electrons. The minimum atomic E-state index is 0.0792. The number of aromatic nitrogens is 1. The van der Waals surface area contributed by atoms with Crippen molar-refractivity contribution in [3.05, 3.63) is 18.4 Å². The number of likely N-dealkylation sites (tertiary alicyclic amines) is 2. The lowest BCUT2D eigenvalue weighted by Gasteiger charge is -2.43. The molecule has 6 heteroatoms. The Bertz CT molecular complexity index is 604. The van der Waals surface area contributed by atoms with Crippen LogP contribution in [0.25, 0.3) is 0 Å². The number of hydrogen-bond acceptors (Lipinski definition) is 5. The van der Waals surface area contributed by atoms with Crippen LogP contribution in [0.15, 0.2) is 16.9 Å². The van der Waals surface area contributed by atoms with Crippen LogP contribution >= 0.6 is 0 Å². The van der Waals surface area contributed by atoms with Crippen molar-refractivity contribution < 1.29 is 13.9 Å². The molecule has 2 aliphatic heterocycles. The number of carbonyl (C=O) groups is 1. The zero-order valence-electron chi connectivity index (χ0n) is 16.6. The highest BCUT2D eigenvalue weighted by Crippen LogP contribution is 2.49. The van der Waals surface area contributed by atoms with Crippen molar-refractivity contribution in [2.24, 2.45) is 11.3 Å². The second-order valence-electron chi connectivity index (χ2n) is 8.80. The van der Waals surface area contributed by atoms with E-state index < -0.39 is 0 Å². The number of amides is 1. The van der Waals surface area contributed by atoms with E-state index in [2.05, 4.69) is 9.88 Å². The van der Waals surface area contributed by atoms with Crippen LogP contribution in [-0.4, -0.2) is 67.1 Å². The maximum absolute atomic E-state index is 12.5. The lowest BCUT2D eigenvalue weighted by Crippen LogP contribution is -2.45. The molecule has 1 aromatic rings. The largest absolute Gasteiger partial charge is 0.449 e. The molecular weight excluding hydrogens is 342 g/mol. The third-order valence-corrected chi connectivity index (χ3v) is 7.11. The Labute approximate surface area is 162 Å². The summed E-state index contributed by atoms with van der Waals surface area (Å²) < 4.78 is 10.8. The number of carbonyl (C=O) groups excluding carboxylic acids is 1. The van der Waals surface area contributed by atoms with Crippen molar-refractivity contribution >= 4 is 5.91 Å². The minimum Gasteiger partial charge on any atom is -0.449 e. The Hall–Kier alpha value is -1.40. The predicted molar refractivity (Wildman–Crippen MR) is 102 cm³/mol. The first-order chi connectivity index (χ1) is 13.2. The molecule has 0 N–H and O–H groups in total. The van der Waals surface area contributed by atoms with Gasteiger partial charge in [0, 0.05) is 32.2 Å². The van der Waals surface area contributed by atoms with E-state index in [9.17, 15) is 4.79 Å². The third kappa shape index (κ3) is 4.06. The van der Waals surface area contributed by atoms with Gasteiger partial charge in [-0.3, -0.25) is 4.79 Å². The van der Waals surface area contributed by atoms with Crippen LogP contribution in [0.2, 0.25) is 0 Å². The van der Waals surface area contributed by atoms with Crippen molar-refractivity contribution in [1.82, 2.24) is 14.8 Å². The Balaban J connectivity index is 1.42. The van der Waals surface area contributed by atoms with Gasteiger partial charge < -0.3 is 19.0 Å². The van der Waals surface area contributed by atoms with Gasteiger partial charge >= 0.3 is 0 Å². The first kappa shape index (κ1) is 18.9. The fourth-order valence-electron chi connectivity index (χ4n) is 5.54. The normalized spacial score (nSPS) is 26.7. The molecule has 0 radical (unpaired) electrons. The van der Waals surface area contributed by atoms with Gasteiger partial charge in [0.1, 0.15) is 12.9 Å². The smallest absolute Gasteiger partial charge is 0.248 e. The number of nitrogens with zero attached hydrogens (tertiary/aromatic N) is 3. The lowest BCUT2D eigenvalue weighted by atomic mass is 9.70. The van der Waals surface area contributed by atoms with E-state index in [-0.39, 0.29) is 23.8 Å². The van der Waals surface area contributed by atoms with Crippen molar-refractivity contribution in [2.75, 3.05) is 46.4 Å². The zero-order chi connectivity index (χ0) is 18.7. The standard InChI is InChI=1S/C21H33N3O3/c1-26-15-19(25)24-14-18(20-22-9-12-27-20)21(16-24)7-10-23(11-8-21)13-17-5-3-2-4-6-17/h9,12,17-18H,2-8,10-11,13-16H2,1H3. The maximum atomic E-state index is 12.5. The summed E-state index contributed by atoms with van der Waals surface area (Å²) in [5.41, 5.74) is 0.0946. The molecule has 0 aromatic carbocycles. The summed E-state index contributed by atoms with van der Waals surface area (Å²) in [6, 6.07) is 0. The average molecular weight is 376 g/mol. The van der Waals surface area contributed by atoms with Crippen molar-refractivity contribution in [2.45, 2.75) is 50.9 Å². The van der Waals surface area contributed by atoms with Crippen LogP contribution < -0.4 is 0 Å². The summed E-state index contributed by atoms with van der Waals surface area (Å²) >= 11 is 0. The second-order valence-corrected chi connectivity index (χ2v) is 8.80. The zero-order valence-corrected chi connectivity index (χ0v) is 16.6. The van der Waals surface area contributed by atoms with Crippen LogP contribution in [0, 0.1) is 11.3 Å². The SMILES string of the molecule is COCC(=O)N1CC(c2ncco2)C2(CCN(CC3CCCCC3)CC2)C1. The molecule has 1 atom stereocenters. The summed E-state index contributed by atoms with van der Waals surface area (Å²) in [6.45, 7) is 5.17. The number of piperidine rings is 1. The van der Waals surface area contributed by atoms with Crippen LogP contribution in [0.4, 0.5) is 0 Å². The number of ether oxygens (including phenoxy) is 1. The van der Waals surface area contributed by atoms with Crippen molar-refractivity contribution in [3.63, 3.8) is 0 Å². The number of hydrogen-bond donors (Lipinski definition) is 0. The third-order valence-electron chi connectivity index (χ3n) is 7.11. The Kier molecular flexibility index (Phi) is 5.83. The molecule has 1 aromatic heterocycles. The van der Waals surface area contributed by atoms with E-state index in [1.165, 1.54) is 38.6 Å². The van der Waals surface area contributed by atoms with E-state index in [1.807, 2.05) is 4.90 Å². The summed E-state index contributed by atoms with van der Waals surface area (Å²) in [7, 11) is 1.58. The van der Waals surface area contributed by atoms with Gasteiger partial charge in [-0.1, -0.05) is 19.3 Å². The lowest BCUT2D eigenvalue weighted by molar-refractivity contribution is -0.134. The second kappa shape index (κ2) is 8.31. The molecule has 3 aliphatic rings. The monoisotopic (exact) mass is 375 g/mol. The van der Waals surface area contributed by atoms with Crippen LogP contribution in [0.5, 0.6) is 0 Å². The number of methoxy groups -OCH3 is 1. The number of oxazole rings is 1. The molecule has 3 heterocycles. The summed E-state index contributed by atoms with van der Waals surface area (Å²) in [6.07, 6.45) is 12.6. The van der Waals surface area contributed by atoms with Crippen molar-refractivity contribution in [1.29, 1.82) is 0 Å². The van der Waals surface area contributed by atoms with Crippen molar-refractivity contribution in [3.8, 4) is 0 Å². The molecular formula is C21H33N3O3. The van der Waals surface area contributed by atoms with Crippen LogP contribution in [0.1, 0.15) is 56.8 Å². The molecule has 6 nitrogen and oxygen atoms in total. The molecule has 0 bridgehead atoms. The molecule has 3 fully saturated rings. The van der Waals surface area contributed by atoms with Gasteiger partial charge in [-0.2, -0.15) is 0 Å². The van der Waals surface area contributed by atoms with Crippen LogP contribution in [-0.2, 0) is 9.53 Å². The van der Waals surface area contributed by atoms with E-state index in [4.69, 9.17) is 9.15 Å². The highest BCUT2D eigenvalue weighted by Gasteiger charge is 2.51. The van der Waals surface area contributed by atoms with Gasteiger partial charge in [0.2, 0.25) is 5.91 Å². The predicted octanol–water partition coefficient (Wildman–Crippen LogP) is 2.91. The van der Waals surface area contributed by atoms with Gasteiger partial charge in [0.15, 0.2) is 5.89 Å². The van der Waals surface area contributed by atoms with Gasteiger partial charge in [-0.05, 0) is 44.7 Å². The molecule has 1 spiro atoms. The maximum Gasteiger partial charge on any atom is 0.248 e. The molecule has 1 saturated carbocycles. The van der Waals surface area contributed by atoms with Gasteiger partial charge in [-0.25, -0.2) is 4.98 Å². The van der Waals surface area contributed by atoms with E-state index in [0.29, 0.717) is 6.54 Å². The highest BCUT2D eigenvalue weighted by atomic mass is 16.5. The fourth-order valence-corrected chi connectivity index (χ4v) is 5.54. The van der Waals surface area contributed by atoms with E-state index in [0.717, 1.165) is 44.3 Å².